The molecule has 0 bridgehead atoms. The van der Waals surface area contributed by atoms with Crippen LogP contribution in [0.2, 0.25) is 10.0 Å². The maximum absolute atomic E-state index is 12.9. The molecule has 0 fully saturated rings. The van der Waals surface area contributed by atoms with E-state index < -0.39 is 6.04 Å². The second-order valence-corrected chi connectivity index (χ2v) is 7.86. The van der Waals surface area contributed by atoms with E-state index in [2.05, 4.69) is 10.3 Å². The Morgan fingerprint density at radius 2 is 1.82 bits per heavy atom. The number of hydrogen-bond acceptors (Lipinski definition) is 2. The summed E-state index contributed by atoms with van der Waals surface area (Å²) in [4.78, 5) is 30.5. The van der Waals surface area contributed by atoms with E-state index >= 15 is 0 Å². The van der Waals surface area contributed by atoms with E-state index in [0.717, 1.165) is 28.6 Å². The Balaban J connectivity index is 1.48. The zero-order valence-electron chi connectivity index (χ0n) is 15.3. The van der Waals surface area contributed by atoms with Crippen molar-refractivity contribution < 1.29 is 9.59 Å². The number of benzene rings is 2. The van der Waals surface area contributed by atoms with Gasteiger partial charge in [-0.1, -0.05) is 23.2 Å². The molecule has 1 unspecified atom stereocenters. The largest absolute Gasteiger partial charge is 0.358 e. The maximum Gasteiger partial charge on any atom is 0.251 e. The molecule has 4 rings (SSSR count). The number of amides is 2. The lowest BCUT2D eigenvalue weighted by molar-refractivity contribution is -0.133. The molecule has 1 aromatic heterocycles. The van der Waals surface area contributed by atoms with Crippen LogP contribution < -0.4 is 5.32 Å². The van der Waals surface area contributed by atoms with Gasteiger partial charge in [-0.3, -0.25) is 9.59 Å². The van der Waals surface area contributed by atoms with E-state index in [1.54, 1.807) is 36.1 Å². The zero-order chi connectivity index (χ0) is 19.8. The third kappa shape index (κ3) is 3.60. The molecule has 2 aromatic carbocycles. The SMILES string of the molecule is CC(NC(=O)c1ccc(Cl)cc1)C(=O)N1CCc2[nH]c3ccc(Cl)cc3c2C1. The Morgan fingerprint density at radius 3 is 2.57 bits per heavy atom. The number of H-pyrrole nitrogens is 1. The average Bonchev–Trinajstić information content (AvgIpc) is 3.04. The van der Waals surface area contributed by atoms with Gasteiger partial charge in [0.2, 0.25) is 5.91 Å². The Morgan fingerprint density at radius 1 is 1.11 bits per heavy atom. The highest BCUT2D eigenvalue weighted by Gasteiger charge is 2.28. The summed E-state index contributed by atoms with van der Waals surface area (Å²) in [6.45, 7) is 2.81. The molecule has 0 spiro atoms. The first-order valence-electron chi connectivity index (χ1n) is 9.06. The fourth-order valence-corrected chi connectivity index (χ4v) is 3.89. The van der Waals surface area contributed by atoms with Crippen LogP contribution in [0.1, 0.15) is 28.5 Å². The molecule has 5 nitrogen and oxygen atoms in total. The number of nitrogens with one attached hydrogen (secondary N) is 2. The van der Waals surface area contributed by atoms with Crippen molar-refractivity contribution in [2.24, 2.45) is 0 Å². The van der Waals surface area contributed by atoms with Gasteiger partial charge in [0.15, 0.2) is 0 Å². The molecule has 2 amide bonds. The van der Waals surface area contributed by atoms with E-state index in [1.807, 2.05) is 18.2 Å². The Labute approximate surface area is 172 Å². The lowest BCUT2D eigenvalue weighted by Gasteiger charge is -2.30. The van der Waals surface area contributed by atoms with Crippen molar-refractivity contribution in [2.75, 3.05) is 6.54 Å². The van der Waals surface area contributed by atoms with Crippen LogP contribution >= 0.6 is 23.2 Å². The van der Waals surface area contributed by atoms with Crippen LogP contribution in [0.3, 0.4) is 0 Å². The van der Waals surface area contributed by atoms with Gasteiger partial charge in [0.25, 0.3) is 5.91 Å². The van der Waals surface area contributed by atoms with Crippen LogP contribution in [0.4, 0.5) is 0 Å². The van der Waals surface area contributed by atoms with Crippen molar-refractivity contribution in [1.29, 1.82) is 0 Å². The summed E-state index contributed by atoms with van der Waals surface area (Å²) in [6, 6.07) is 11.7. The van der Waals surface area contributed by atoms with Crippen LogP contribution in [-0.4, -0.2) is 34.3 Å². The highest BCUT2D eigenvalue weighted by molar-refractivity contribution is 6.31. The van der Waals surface area contributed by atoms with E-state index in [9.17, 15) is 9.59 Å². The summed E-state index contributed by atoms with van der Waals surface area (Å²) in [5.41, 5.74) is 3.72. The van der Waals surface area contributed by atoms with Crippen LogP contribution in [0.25, 0.3) is 10.9 Å². The molecular weight excluding hydrogens is 397 g/mol. The Bertz CT molecular complexity index is 1060. The molecular formula is C21H19Cl2N3O2. The highest BCUT2D eigenvalue weighted by atomic mass is 35.5. The summed E-state index contributed by atoms with van der Waals surface area (Å²) >= 11 is 12.0. The normalized spacial score (nSPS) is 14.6. The summed E-state index contributed by atoms with van der Waals surface area (Å²) in [7, 11) is 0. The molecule has 144 valence electrons. The van der Waals surface area contributed by atoms with Gasteiger partial charge >= 0.3 is 0 Å². The quantitative estimate of drug-likeness (QED) is 0.673. The lowest BCUT2D eigenvalue weighted by atomic mass is 10.0. The molecule has 0 saturated carbocycles. The van der Waals surface area contributed by atoms with Gasteiger partial charge in [0.1, 0.15) is 6.04 Å². The maximum atomic E-state index is 12.9. The van der Waals surface area contributed by atoms with Gasteiger partial charge in [0.05, 0.1) is 0 Å². The molecule has 28 heavy (non-hydrogen) atoms. The fourth-order valence-electron chi connectivity index (χ4n) is 3.59. The van der Waals surface area contributed by atoms with Crippen molar-refractivity contribution in [2.45, 2.75) is 25.9 Å². The molecule has 1 aliphatic rings. The van der Waals surface area contributed by atoms with Gasteiger partial charge in [0, 0.05) is 57.3 Å². The molecule has 2 N–H and O–H groups in total. The van der Waals surface area contributed by atoms with E-state index in [1.165, 1.54) is 0 Å². The molecule has 3 aromatic rings. The average molecular weight is 416 g/mol. The third-order valence-corrected chi connectivity index (χ3v) is 5.56. The molecule has 7 heteroatoms. The molecule has 0 radical (unpaired) electrons. The summed E-state index contributed by atoms with van der Waals surface area (Å²) in [6.07, 6.45) is 0.741. The number of aromatic amines is 1. The molecule has 1 atom stereocenters. The highest BCUT2D eigenvalue weighted by Crippen LogP contribution is 2.30. The fraction of sp³-hybridized carbons (Fsp3) is 0.238. The number of fused-ring (bicyclic) bond motifs is 3. The van der Waals surface area contributed by atoms with Crippen LogP contribution in [0, 0.1) is 0 Å². The summed E-state index contributed by atoms with van der Waals surface area (Å²) < 4.78 is 0. The summed E-state index contributed by atoms with van der Waals surface area (Å²) in [5.74, 6) is -0.404. The monoisotopic (exact) mass is 415 g/mol. The lowest BCUT2D eigenvalue weighted by Crippen LogP contribution is -2.48. The number of carbonyl (C=O) groups excluding carboxylic acids is 2. The Kier molecular flexibility index (Phi) is 5.04. The minimum Gasteiger partial charge on any atom is -0.358 e. The minimum absolute atomic E-state index is 0.107. The minimum atomic E-state index is -0.626. The third-order valence-electron chi connectivity index (χ3n) is 5.07. The topological polar surface area (TPSA) is 65.2 Å². The first kappa shape index (κ1) is 18.8. The van der Waals surface area contributed by atoms with Crippen molar-refractivity contribution in [3.05, 3.63) is 69.3 Å². The van der Waals surface area contributed by atoms with Crippen molar-refractivity contribution >= 4 is 45.9 Å². The summed E-state index contributed by atoms with van der Waals surface area (Å²) in [5, 5.41) is 5.04. The smallest absolute Gasteiger partial charge is 0.251 e. The number of carbonyl (C=O) groups is 2. The number of aromatic nitrogens is 1. The second-order valence-electron chi connectivity index (χ2n) is 6.98. The van der Waals surface area contributed by atoms with Gasteiger partial charge < -0.3 is 15.2 Å². The second kappa shape index (κ2) is 7.49. The molecule has 1 aliphatic heterocycles. The predicted molar refractivity (Wildman–Crippen MR) is 111 cm³/mol. The van der Waals surface area contributed by atoms with E-state index in [4.69, 9.17) is 23.2 Å². The van der Waals surface area contributed by atoms with Crippen molar-refractivity contribution in [1.82, 2.24) is 15.2 Å². The van der Waals surface area contributed by atoms with Crippen molar-refractivity contribution in [3.63, 3.8) is 0 Å². The van der Waals surface area contributed by atoms with Gasteiger partial charge in [-0.25, -0.2) is 0 Å². The standard InChI is InChI=1S/C21H19Cl2N3O2/c1-12(24-20(27)13-2-4-14(22)5-3-13)21(28)26-9-8-19-17(11-26)16-10-15(23)6-7-18(16)25-19/h2-7,10,12,25H,8-9,11H2,1H3,(H,24,27). The predicted octanol–water partition coefficient (Wildman–Crippen LogP) is 4.18. The zero-order valence-corrected chi connectivity index (χ0v) is 16.8. The number of halogens is 2. The molecule has 0 saturated heterocycles. The van der Waals surface area contributed by atoms with Crippen LogP contribution in [0.5, 0.6) is 0 Å². The number of rotatable bonds is 3. The van der Waals surface area contributed by atoms with E-state index in [0.29, 0.717) is 28.7 Å². The number of hydrogen-bond donors (Lipinski definition) is 2. The van der Waals surface area contributed by atoms with Crippen molar-refractivity contribution in [3.8, 4) is 0 Å². The molecule has 2 heterocycles. The number of nitrogens with zero attached hydrogens (tertiary/aromatic N) is 1. The van der Waals surface area contributed by atoms with Crippen LogP contribution in [0.15, 0.2) is 42.5 Å². The van der Waals surface area contributed by atoms with E-state index in [-0.39, 0.29) is 11.8 Å². The van der Waals surface area contributed by atoms with Crippen LogP contribution in [-0.2, 0) is 17.8 Å². The van der Waals surface area contributed by atoms with Gasteiger partial charge in [-0.15, -0.1) is 0 Å². The van der Waals surface area contributed by atoms with Gasteiger partial charge in [-0.05, 0) is 49.4 Å². The molecule has 0 aliphatic carbocycles. The first-order chi connectivity index (χ1) is 13.4. The first-order valence-corrected chi connectivity index (χ1v) is 9.82. The Hall–Kier alpha value is -2.50. The van der Waals surface area contributed by atoms with Gasteiger partial charge in [-0.2, -0.15) is 0 Å².